The Morgan fingerprint density at radius 1 is 0.895 bits per heavy atom. The standard InChI is InChI=1S/C28H23Br2ClN2O4S/c1-37-23-8-6-21(7-9-23)33(38(35,36)24-10-4-20(31)5-11-24)17-22(34)16-32-27-12-2-18(29)14-25(27)26-15-19(30)3-13-28(26)32/h2-15,22,34H,16-17H2,1H3/t22-/m1/s1. The molecule has 0 saturated heterocycles. The second-order valence-electron chi connectivity index (χ2n) is 8.78. The second kappa shape index (κ2) is 10.9. The predicted molar refractivity (Wildman–Crippen MR) is 160 cm³/mol. The number of aliphatic hydroxyl groups excluding tert-OH is 1. The van der Waals surface area contributed by atoms with Crippen molar-refractivity contribution < 1.29 is 18.3 Å². The van der Waals surface area contributed by atoms with E-state index in [1.807, 2.05) is 41.0 Å². The van der Waals surface area contributed by atoms with Crippen LogP contribution in [0, 0.1) is 0 Å². The Balaban J connectivity index is 1.54. The van der Waals surface area contributed by atoms with Gasteiger partial charge in [-0.2, -0.15) is 0 Å². The molecule has 0 aliphatic rings. The van der Waals surface area contributed by atoms with Gasteiger partial charge < -0.3 is 14.4 Å². The third-order valence-electron chi connectivity index (χ3n) is 6.32. The van der Waals surface area contributed by atoms with Crippen LogP contribution in [0.2, 0.25) is 5.02 Å². The number of aliphatic hydroxyl groups is 1. The van der Waals surface area contributed by atoms with E-state index in [2.05, 4.69) is 31.9 Å². The molecule has 0 fully saturated rings. The third-order valence-corrected chi connectivity index (χ3v) is 9.37. The fourth-order valence-electron chi connectivity index (χ4n) is 4.53. The number of rotatable bonds is 8. The average molecular weight is 679 g/mol. The Labute approximate surface area is 242 Å². The van der Waals surface area contributed by atoms with Crippen LogP contribution in [0.1, 0.15) is 0 Å². The highest BCUT2D eigenvalue weighted by Crippen LogP contribution is 2.34. The van der Waals surface area contributed by atoms with Crippen LogP contribution in [-0.4, -0.2) is 37.8 Å². The van der Waals surface area contributed by atoms with E-state index >= 15 is 0 Å². The Morgan fingerprint density at radius 2 is 1.45 bits per heavy atom. The molecule has 0 saturated carbocycles. The maximum absolute atomic E-state index is 13.8. The van der Waals surface area contributed by atoms with Crippen molar-refractivity contribution in [1.29, 1.82) is 0 Å². The molecule has 4 aromatic carbocycles. The largest absolute Gasteiger partial charge is 0.497 e. The lowest BCUT2D eigenvalue weighted by atomic mass is 10.2. The van der Waals surface area contributed by atoms with Crippen molar-refractivity contribution >= 4 is 81.0 Å². The highest BCUT2D eigenvalue weighted by molar-refractivity contribution is 9.10. The number of benzene rings is 4. The van der Waals surface area contributed by atoms with E-state index in [1.54, 1.807) is 31.4 Å². The van der Waals surface area contributed by atoms with Gasteiger partial charge >= 0.3 is 0 Å². The number of halogens is 3. The number of hydrogen-bond donors (Lipinski definition) is 1. The molecule has 0 aliphatic heterocycles. The number of aromatic nitrogens is 1. The molecule has 10 heteroatoms. The first-order valence-electron chi connectivity index (χ1n) is 11.6. The van der Waals surface area contributed by atoms with Gasteiger partial charge in [0.25, 0.3) is 10.0 Å². The Hall–Kier alpha value is -2.56. The molecule has 0 aliphatic carbocycles. The van der Waals surface area contributed by atoms with Crippen molar-refractivity contribution in [2.75, 3.05) is 18.0 Å². The maximum Gasteiger partial charge on any atom is 0.264 e. The number of ether oxygens (including phenoxy) is 1. The van der Waals surface area contributed by atoms with Crippen molar-refractivity contribution in [3.8, 4) is 5.75 Å². The lowest BCUT2D eigenvalue weighted by Crippen LogP contribution is -2.39. The molecule has 38 heavy (non-hydrogen) atoms. The number of fused-ring (bicyclic) bond motifs is 3. The van der Waals surface area contributed by atoms with Gasteiger partial charge in [-0.15, -0.1) is 0 Å². The molecule has 5 rings (SSSR count). The highest BCUT2D eigenvalue weighted by Gasteiger charge is 2.28. The minimum Gasteiger partial charge on any atom is -0.497 e. The molecule has 1 atom stereocenters. The summed E-state index contributed by atoms with van der Waals surface area (Å²) < 4.78 is 37.9. The molecule has 0 unspecified atom stereocenters. The Morgan fingerprint density at radius 3 is 1.97 bits per heavy atom. The van der Waals surface area contributed by atoms with Gasteiger partial charge in [0.1, 0.15) is 5.75 Å². The number of nitrogens with zero attached hydrogens (tertiary/aromatic N) is 2. The second-order valence-corrected chi connectivity index (χ2v) is 12.9. The average Bonchev–Trinajstić information content (AvgIpc) is 3.19. The Kier molecular flexibility index (Phi) is 7.75. The fraction of sp³-hybridized carbons (Fsp3) is 0.143. The summed E-state index contributed by atoms with van der Waals surface area (Å²) in [5, 5.41) is 13.8. The number of anilines is 1. The molecule has 0 amide bonds. The Bertz CT molecular complexity index is 1660. The van der Waals surface area contributed by atoms with Crippen LogP contribution >= 0.6 is 43.5 Å². The quantitative estimate of drug-likeness (QED) is 0.188. The summed E-state index contributed by atoms with van der Waals surface area (Å²) in [6.07, 6.45) is -1.02. The van der Waals surface area contributed by atoms with Crippen molar-refractivity contribution in [2.45, 2.75) is 17.5 Å². The van der Waals surface area contributed by atoms with Crippen molar-refractivity contribution in [3.05, 3.63) is 98.9 Å². The topological polar surface area (TPSA) is 71.8 Å². The predicted octanol–water partition coefficient (Wildman–Crippen LogP) is 7.24. The van der Waals surface area contributed by atoms with Gasteiger partial charge in [0.15, 0.2) is 0 Å². The lowest BCUT2D eigenvalue weighted by molar-refractivity contribution is 0.166. The first-order valence-corrected chi connectivity index (χ1v) is 15.1. The molecular formula is C28H23Br2ClN2O4S. The summed E-state index contributed by atoms with van der Waals surface area (Å²) in [7, 11) is -2.46. The first-order chi connectivity index (χ1) is 18.2. The van der Waals surface area contributed by atoms with E-state index in [1.165, 1.54) is 28.6 Å². The van der Waals surface area contributed by atoms with Crippen LogP contribution in [0.3, 0.4) is 0 Å². The van der Waals surface area contributed by atoms with Crippen LogP contribution in [-0.2, 0) is 16.6 Å². The van der Waals surface area contributed by atoms with Gasteiger partial charge in [0, 0.05) is 35.8 Å². The monoisotopic (exact) mass is 676 g/mol. The van der Waals surface area contributed by atoms with E-state index < -0.39 is 16.1 Å². The minimum atomic E-state index is -4.01. The van der Waals surface area contributed by atoms with Gasteiger partial charge in [0.2, 0.25) is 0 Å². The summed E-state index contributed by atoms with van der Waals surface area (Å²) in [5.74, 6) is 0.598. The van der Waals surface area contributed by atoms with Gasteiger partial charge in [-0.25, -0.2) is 8.42 Å². The number of sulfonamides is 1. The van der Waals surface area contributed by atoms with Crippen LogP contribution in [0.5, 0.6) is 5.75 Å². The van der Waals surface area contributed by atoms with Gasteiger partial charge in [-0.1, -0.05) is 43.5 Å². The molecule has 0 spiro atoms. The van der Waals surface area contributed by atoms with E-state index in [4.69, 9.17) is 16.3 Å². The molecule has 1 heterocycles. The van der Waals surface area contributed by atoms with Crippen LogP contribution in [0.15, 0.2) is 98.8 Å². The molecule has 1 N–H and O–H groups in total. The SMILES string of the molecule is COc1ccc(N(C[C@H](O)Cn2c3ccc(Br)cc3c3cc(Br)ccc32)S(=O)(=O)c2ccc(Cl)cc2)cc1. The third kappa shape index (κ3) is 5.31. The van der Waals surface area contributed by atoms with Crippen LogP contribution in [0.25, 0.3) is 21.8 Å². The molecule has 5 aromatic rings. The van der Waals surface area contributed by atoms with E-state index in [0.717, 1.165) is 30.8 Å². The van der Waals surface area contributed by atoms with Crippen molar-refractivity contribution in [2.24, 2.45) is 0 Å². The normalized spacial score (nSPS) is 12.7. The minimum absolute atomic E-state index is 0.0801. The van der Waals surface area contributed by atoms with E-state index in [-0.39, 0.29) is 18.0 Å². The van der Waals surface area contributed by atoms with Gasteiger partial charge in [-0.3, -0.25) is 4.31 Å². The lowest BCUT2D eigenvalue weighted by Gasteiger charge is -2.27. The van der Waals surface area contributed by atoms with Crippen molar-refractivity contribution in [3.63, 3.8) is 0 Å². The summed E-state index contributed by atoms with van der Waals surface area (Å²) in [4.78, 5) is 0.0801. The first kappa shape index (κ1) is 27.0. The van der Waals surface area contributed by atoms with Crippen LogP contribution in [0.4, 0.5) is 5.69 Å². The maximum atomic E-state index is 13.8. The van der Waals surface area contributed by atoms with E-state index in [0.29, 0.717) is 16.5 Å². The molecule has 0 bridgehead atoms. The zero-order valence-electron chi connectivity index (χ0n) is 20.2. The number of methoxy groups -OCH3 is 1. The van der Waals surface area contributed by atoms with Crippen molar-refractivity contribution in [1.82, 2.24) is 4.57 Å². The summed E-state index contributed by atoms with van der Waals surface area (Å²) in [6, 6.07) is 24.7. The molecule has 196 valence electrons. The fourth-order valence-corrected chi connectivity index (χ4v) is 6.88. The van der Waals surface area contributed by atoms with E-state index in [9.17, 15) is 13.5 Å². The summed E-state index contributed by atoms with van der Waals surface area (Å²) in [5.41, 5.74) is 2.30. The molecule has 0 radical (unpaired) electrons. The summed E-state index contributed by atoms with van der Waals surface area (Å²) in [6.45, 7) is 0.0254. The molecule has 6 nitrogen and oxygen atoms in total. The smallest absolute Gasteiger partial charge is 0.264 e. The molecular weight excluding hydrogens is 656 g/mol. The van der Waals surface area contributed by atoms with Gasteiger partial charge in [-0.05, 0) is 84.9 Å². The van der Waals surface area contributed by atoms with Crippen LogP contribution < -0.4 is 9.04 Å². The highest BCUT2D eigenvalue weighted by atomic mass is 79.9. The zero-order chi connectivity index (χ0) is 27.0. The van der Waals surface area contributed by atoms with Gasteiger partial charge in [0.05, 0.1) is 36.9 Å². The number of hydrogen-bond acceptors (Lipinski definition) is 4. The summed E-state index contributed by atoms with van der Waals surface area (Å²) >= 11 is 13.1. The zero-order valence-corrected chi connectivity index (χ0v) is 24.9. The molecule has 1 aromatic heterocycles.